The van der Waals surface area contributed by atoms with Crippen LogP contribution in [0.1, 0.15) is 6.42 Å². The van der Waals surface area contributed by atoms with Crippen molar-refractivity contribution < 1.29 is 54.7 Å². The topological polar surface area (TPSA) is 180 Å². The molecule has 142 valence electrons. The maximum Gasteiger partial charge on any atom is 0.183 e. The first-order valence-electron chi connectivity index (χ1n) is 7.51. The number of aliphatic hydroxyl groups is 8. The Labute approximate surface area is 136 Å². The minimum absolute atomic E-state index is 0.648. The van der Waals surface area contributed by atoms with Crippen LogP contribution in [-0.4, -0.2) is 115 Å². The van der Waals surface area contributed by atoms with E-state index in [1.165, 1.54) is 0 Å². The Hall–Kier alpha value is -0.470. The van der Waals surface area contributed by atoms with Crippen molar-refractivity contribution in [2.45, 2.75) is 73.8 Å². The number of rotatable bonds is 4. The van der Waals surface area contributed by atoms with Gasteiger partial charge in [0.05, 0.1) is 12.7 Å². The zero-order chi connectivity index (χ0) is 18.2. The Morgan fingerprint density at radius 3 is 1.83 bits per heavy atom. The van der Waals surface area contributed by atoms with Crippen LogP contribution in [0, 0.1) is 0 Å². The van der Waals surface area contributed by atoms with Crippen LogP contribution in [0.3, 0.4) is 0 Å². The summed E-state index contributed by atoms with van der Waals surface area (Å²) in [6, 6.07) is 0. The number of hydrogen-bond acceptors (Lipinski definition) is 10. The van der Waals surface area contributed by atoms with Crippen molar-refractivity contribution in [2.75, 3.05) is 6.61 Å². The van der Waals surface area contributed by atoms with Gasteiger partial charge in [0, 0.05) is 6.42 Å². The molecule has 11 heteroatoms. The van der Waals surface area contributed by atoms with Crippen LogP contribution in [0.15, 0.2) is 0 Å². The predicted octanol–water partition coefficient (Wildman–Crippen LogP) is -4.64. The molecule has 2 aliphatic heterocycles. The van der Waals surface area contributed by atoms with E-state index in [-0.39, 0.29) is 0 Å². The summed E-state index contributed by atoms with van der Waals surface area (Å²) in [4.78, 5) is 0. The van der Waals surface area contributed by atoms with Gasteiger partial charge in [0.15, 0.2) is 6.29 Å². The van der Waals surface area contributed by atoms with Gasteiger partial charge in [-0.2, -0.15) is 0 Å². The van der Waals surface area contributed by atoms with Gasteiger partial charge in [-0.05, 0) is 0 Å². The molecule has 24 heavy (non-hydrogen) atoms. The molecule has 2 aliphatic rings. The zero-order valence-electron chi connectivity index (χ0n) is 12.5. The summed E-state index contributed by atoms with van der Waals surface area (Å²) in [6.07, 6.45) is -19.3. The van der Waals surface area contributed by atoms with Gasteiger partial charge >= 0.3 is 0 Å². The van der Waals surface area contributed by atoms with Crippen LogP contribution in [-0.2, 0) is 9.47 Å². The van der Waals surface area contributed by atoms with Crippen LogP contribution in [0.25, 0.3) is 0 Å². The summed E-state index contributed by atoms with van der Waals surface area (Å²) in [5, 5.41) is 76.3. The van der Waals surface area contributed by atoms with Crippen molar-refractivity contribution in [3.05, 3.63) is 0 Å². The molecule has 2 rings (SSSR count). The van der Waals surface area contributed by atoms with E-state index in [0.717, 1.165) is 0 Å². The van der Waals surface area contributed by atoms with Crippen molar-refractivity contribution >= 4 is 0 Å². The van der Waals surface area contributed by atoms with Gasteiger partial charge in [-0.1, -0.05) is 0 Å². The number of alkyl halides is 1. The maximum absolute atomic E-state index is 14.5. The third kappa shape index (κ3) is 3.70. The smallest absolute Gasteiger partial charge is 0.183 e. The van der Waals surface area contributed by atoms with Crippen molar-refractivity contribution in [3.8, 4) is 0 Å². The summed E-state index contributed by atoms with van der Waals surface area (Å²) in [5.74, 6) is 0. The van der Waals surface area contributed by atoms with Crippen LogP contribution < -0.4 is 0 Å². The highest BCUT2D eigenvalue weighted by Gasteiger charge is 2.49. The first kappa shape index (κ1) is 19.8. The van der Waals surface area contributed by atoms with Gasteiger partial charge in [-0.15, -0.1) is 0 Å². The Kier molecular flexibility index (Phi) is 6.47. The standard InChI is InChI=1S/C13H23FO10/c14-3(1-4-6(16)9(19)11(21)13(22)24-4)12-10(20)8(18)7(17)5(2-15)23-12/h3-13,15-22H,1-2H2/t3-,4+,5+,6+,7+,8-,9-,10+,11+,12+,13?/m0/s1. The third-order valence-corrected chi connectivity index (χ3v) is 4.43. The molecule has 8 N–H and O–H groups in total. The Morgan fingerprint density at radius 2 is 1.25 bits per heavy atom. The second-order valence-corrected chi connectivity index (χ2v) is 6.08. The van der Waals surface area contributed by atoms with E-state index in [1.807, 2.05) is 0 Å². The van der Waals surface area contributed by atoms with Gasteiger partial charge in [0.2, 0.25) is 0 Å². The first-order valence-corrected chi connectivity index (χ1v) is 7.51. The van der Waals surface area contributed by atoms with Gasteiger partial charge < -0.3 is 50.3 Å². The second-order valence-electron chi connectivity index (χ2n) is 6.08. The predicted molar refractivity (Wildman–Crippen MR) is 72.2 cm³/mol. The summed E-state index contributed by atoms with van der Waals surface area (Å²) in [6.45, 7) is -0.722. The minimum Gasteiger partial charge on any atom is -0.394 e. The van der Waals surface area contributed by atoms with Gasteiger partial charge in [-0.25, -0.2) is 4.39 Å². The lowest BCUT2D eigenvalue weighted by molar-refractivity contribution is -0.289. The average molecular weight is 358 g/mol. The lowest BCUT2D eigenvalue weighted by atomic mass is 9.89. The molecule has 0 saturated carbocycles. The molecule has 0 aromatic heterocycles. The fourth-order valence-corrected chi connectivity index (χ4v) is 2.91. The Morgan fingerprint density at radius 1 is 0.708 bits per heavy atom. The van der Waals surface area contributed by atoms with Crippen molar-refractivity contribution in [3.63, 3.8) is 0 Å². The van der Waals surface area contributed by atoms with E-state index in [9.17, 15) is 40.1 Å². The fraction of sp³-hybridized carbons (Fsp3) is 1.00. The van der Waals surface area contributed by atoms with Gasteiger partial charge in [-0.3, -0.25) is 0 Å². The lowest BCUT2D eigenvalue weighted by Crippen LogP contribution is -2.62. The zero-order valence-corrected chi connectivity index (χ0v) is 12.5. The molecular weight excluding hydrogens is 335 g/mol. The molecule has 0 spiro atoms. The van der Waals surface area contributed by atoms with Gasteiger partial charge in [0.25, 0.3) is 0 Å². The molecule has 10 nitrogen and oxygen atoms in total. The summed E-state index contributed by atoms with van der Waals surface area (Å²) in [7, 11) is 0. The van der Waals surface area contributed by atoms with Crippen LogP contribution >= 0.6 is 0 Å². The SMILES string of the molecule is OC[C@H]1O[C@H]([C@@H](F)C[C@H]2OC(O)[C@H](O)[C@@H](O)[C@@H]2O)[C@H](O)[C@@H](O)[C@@H]1O. The number of halogens is 1. The molecule has 2 fully saturated rings. The van der Waals surface area contributed by atoms with E-state index in [0.29, 0.717) is 0 Å². The fourth-order valence-electron chi connectivity index (χ4n) is 2.91. The van der Waals surface area contributed by atoms with E-state index in [2.05, 4.69) is 0 Å². The minimum atomic E-state index is -2.04. The molecule has 0 bridgehead atoms. The van der Waals surface area contributed by atoms with Crippen LogP contribution in [0.2, 0.25) is 0 Å². The quantitative estimate of drug-likeness (QED) is 0.243. The molecule has 0 aromatic rings. The van der Waals surface area contributed by atoms with E-state index in [4.69, 9.17) is 14.6 Å². The average Bonchev–Trinajstić information content (AvgIpc) is 2.55. The molecule has 1 unspecified atom stereocenters. The number of aliphatic hydroxyl groups excluding tert-OH is 8. The van der Waals surface area contributed by atoms with Crippen LogP contribution in [0.5, 0.6) is 0 Å². The third-order valence-electron chi connectivity index (χ3n) is 4.43. The molecule has 0 aromatic carbocycles. The Bertz CT molecular complexity index is 412. The number of ether oxygens (including phenoxy) is 2. The molecule has 0 radical (unpaired) electrons. The summed E-state index contributed by atoms with van der Waals surface area (Å²) >= 11 is 0. The number of hydrogen-bond donors (Lipinski definition) is 8. The Balaban J connectivity index is 2.04. The molecule has 11 atom stereocenters. The van der Waals surface area contributed by atoms with Gasteiger partial charge in [0.1, 0.15) is 55.0 Å². The van der Waals surface area contributed by atoms with E-state index < -0.39 is 80.4 Å². The van der Waals surface area contributed by atoms with Crippen LogP contribution in [0.4, 0.5) is 4.39 Å². The monoisotopic (exact) mass is 358 g/mol. The highest BCUT2D eigenvalue weighted by atomic mass is 19.1. The largest absolute Gasteiger partial charge is 0.394 e. The lowest BCUT2D eigenvalue weighted by Gasteiger charge is -2.43. The normalized spacial score (nSPS) is 51.4. The highest BCUT2D eigenvalue weighted by molar-refractivity contribution is 4.97. The molecule has 0 amide bonds. The molecule has 2 saturated heterocycles. The van der Waals surface area contributed by atoms with Crippen molar-refractivity contribution in [2.24, 2.45) is 0 Å². The second kappa shape index (κ2) is 7.83. The first-order chi connectivity index (χ1) is 11.2. The molecule has 2 heterocycles. The maximum atomic E-state index is 14.5. The molecular formula is C13H23FO10. The van der Waals surface area contributed by atoms with Crippen molar-refractivity contribution in [1.29, 1.82) is 0 Å². The highest BCUT2D eigenvalue weighted by Crippen LogP contribution is 2.30. The summed E-state index contributed by atoms with van der Waals surface area (Å²) < 4.78 is 24.4. The van der Waals surface area contributed by atoms with E-state index in [1.54, 1.807) is 0 Å². The van der Waals surface area contributed by atoms with Crippen molar-refractivity contribution in [1.82, 2.24) is 0 Å². The molecule has 0 aliphatic carbocycles. The van der Waals surface area contributed by atoms with E-state index >= 15 is 0 Å². The summed E-state index contributed by atoms with van der Waals surface area (Å²) in [5.41, 5.74) is 0.